The van der Waals surface area contributed by atoms with Gasteiger partial charge in [0.25, 0.3) is 0 Å². The average Bonchev–Trinajstić information content (AvgIpc) is 3.78. The summed E-state index contributed by atoms with van der Waals surface area (Å²) in [7, 11) is 0. The van der Waals surface area contributed by atoms with E-state index in [4.69, 9.17) is 25.2 Å². The molecule has 5 rings (SSSR count). The molecular weight excluding hydrogens is 795 g/mol. The summed E-state index contributed by atoms with van der Waals surface area (Å²) in [6, 6.07) is 11.7. The number of ether oxygens (including phenoxy) is 2. The molecule has 2 N–H and O–H groups in total. The molecule has 0 radical (unpaired) electrons. The minimum atomic E-state index is -1.95. The first-order valence-electron chi connectivity index (χ1n) is 23.5. The Morgan fingerprint density at radius 2 is 1.52 bits per heavy atom. The highest BCUT2D eigenvalue weighted by Crippen LogP contribution is 2.50. The summed E-state index contributed by atoms with van der Waals surface area (Å²) in [5.74, 6) is 1.85. The molecule has 11 heteroatoms. The van der Waals surface area contributed by atoms with Crippen LogP contribution < -0.4 is 13.6 Å². The van der Waals surface area contributed by atoms with Crippen LogP contribution in [0.25, 0.3) is 21.9 Å². The average molecular weight is 870 g/mol. The summed E-state index contributed by atoms with van der Waals surface area (Å²) >= 11 is -1.95. The van der Waals surface area contributed by atoms with Gasteiger partial charge in [0.15, 0.2) is 23.0 Å². The van der Waals surface area contributed by atoms with Crippen molar-refractivity contribution in [2.45, 2.75) is 172 Å². The first-order valence-corrected chi connectivity index (χ1v) is 24.5. The van der Waals surface area contributed by atoms with Crippen LogP contribution in [0.2, 0.25) is 0 Å². The SMILES string of the molecule is [C-]#[N+]c1cn2[nH]c(-c3ccc(C)c(NS(=O)Oc4cc(CCCCCCCC)ccc4OCCCCCCCC)c3)nc2c1C(=O)OC1C(C(C)(C)C)CC(C)CC1C(C)(C)C. The van der Waals surface area contributed by atoms with Gasteiger partial charge < -0.3 is 13.7 Å². The van der Waals surface area contributed by atoms with Gasteiger partial charge in [-0.15, -0.1) is 0 Å². The summed E-state index contributed by atoms with van der Waals surface area (Å²) in [6.07, 6.45) is 18.5. The molecule has 4 aromatic rings. The smallest absolute Gasteiger partial charge is 0.331 e. The number of benzene rings is 2. The third kappa shape index (κ3) is 13.1. The summed E-state index contributed by atoms with van der Waals surface area (Å²) in [5.41, 5.74) is 3.83. The lowest BCUT2D eigenvalue weighted by Gasteiger charge is -2.50. The van der Waals surface area contributed by atoms with E-state index in [1.165, 1.54) is 57.8 Å². The number of nitrogens with zero attached hydrogens (tertiary/aromatic N) is 3. The molecule has 2 heterocycles. The Balaban J connectivity index is 1.34. The quantitative estimate of drug-likeness (QED) is 0.0462. The van der Waals surface area contributed by atoms with Crippen molar-refractivity contribution < 1.29 is 22.7 Å². The minimum Gasteiger partial charge on any atom is -0.490 e. The van der Waals surface area contributed by atoms with Crippen LogP contribution in [0.1, 0.15) is 174 Å². The number of fused-ring (bicyclic) bond motifs is 1. The number of unbranched alkanes of at least 4 members (excludes halogenated alkanes) is 10. The molecule has 0 aliphatic heterocycles. The van der Waals surface area contributed by atoms with E-state index in [2.05, 4.69) is 83.0 Å². The molecule has 0 saturated heterocycles. The normalized spacial score (nSPS) is 18.7. The predicted octanol–water partition coefficient (Wildman–Crippen LogP) is 14.2. The summed E-state index contributed by atoms with van der Waals surface area (Å²) in [5, 5.41) is 3.26. The van der Waals surface area contributed by atoms with Crippen molar-refractivity contribution in [1.82, 2.24) is 14.6 Å². The molecular formula is C51H75N5O5S. The van der Waals surface area contributed by atoms with Crippen LogP contribution in [0.4, 0.5) is 11.4 Å². The standard InChI is InChI=1S/C51H75N5O5S/c1-12-14-16-18-20-22-24-37-26-28-43(59-29-23-21-19-17-15-13-2)44(32-37)61-62(58)55-41-33-38(27-25-36(41)4)47-53-48-45(42(52-11)34-56(48)54-47)49(57)60-46-39(50(5,6)7)30-35(3)31-40(46)51(8,9)10/h25-28,32-35,39-40,46,55H,12-24,29-31H2,1-10H3,(H,53,54). The molecule has 2 aromatic carbocycles. The molecule has 3 atom stereocenters. The van der Waals surface area contributed by atoms with E-state index in [-0.39, 0.29) is 40.0 Å². The maximum absolute atomic E-state index is 14.3. The fourth-order valence-electron chi connectivity index (χ4n) is 9.02. The van der Waals surface area contributed by atoms with Crippen molar-refractivity contribution >= 4 is 34.3 Å². The van der Waals surface area contributed by atoms with Gasteiger partial charge in [-0.1, -0.05) is 145 Å². The van der Waals surface area contributed by atoms with Gasteiger partial charge >= 0.3 is 17.2 Å². The van der Waals surface area contributed by atoms with Crippen molar-refractivity contribution in [3.63, 3.8) is 0 Å². The van der Waals surface area contributed by atoms with E-state index in [1.54, 1.807) is 10.7 Å². The van der Waals surface area contributed by atoms with Crippen LogP contribution in [-0.4, -0.2) is 37.5 Å². The Labute approximate surface area is 375 Å². The van der Waals surface area contributed by atoms with Gasteiger partial charge in [0.1, 0.15) is 11.7 Å². The number of esters is 1. The third-order valence-electron chi connectivity index (χ3n) is 12.8. The van der Waals surface area contributed by atoms with E-state index < -0.39 is 17.2 Å². The van der Waals surface area contributed by atoms with Crippen molar-refractivity contribution in [3.05, 3.63) is 70.7 Å². The van der Waals surface area contributed by atoms with Gasteiger partial charge in [-0.2, -0.15) is 4.21 Å². The summed E-state index contributed by atoms with van der Waals surface area (Å²) in [4.78, 5) is 22.9. The second-order valence-corrected chi connectivity index (χ2v) is 20.9. The largest absolute Gasteiger partial charge is 0.490 e. The Morgan fingerprint density at radius 3 is 2.15 bits per heavy atom. The highest BCUT2D eigenvalue weighted by Gasteiger charge is 2.48. The Kier molecular flexibility index (Phi) is 17.6. The minimum absolute atomic E-state index is 0.0756. The highest BCUT2D eigenvalue weighted by atomic mass is 32.2. The first-order chi connectivity index (χ1) is 29.5. The number of anilines is 1. The van der Waals surface area contributed by atoms with Crippen molar-refractivity contribution in [2.24, 2.45) is 28.6 Å². The predicted molar refractivity (Wildman–Crippen MR) is 254 cm³/mol. The molecule has 340 valence electrons. The fraction of sp³-hybridized carbons (Fsp3) is 0.627. The van der Waals surface area contributed by atoms with Crippen molar-refractivity contribution in [3.8, 4) is 22.9 Å². The zero-order valence-corrected chi connectivity index (χ0v) is 40.3. The first kappa shape index (κ1) is 48.7. The zero-order chi connectivity index (χ0) is 45.0. The highest BCUT2D eigenvalue weighted by molar-refractivity contribution is 7.82. The molecule has 1 saturated carbocycles. The number of aromatic amines is 1. The zero-order valence-electron chi connectivity index (χ0n) is 39.5. The number of nitrogens with one attached hydrogen (secondary N) is 2. The number of carbonyl (C=O) groups is 1. The van der Waals surface area contributed by atoms with Crippen LogP contribution in [0.3, 0.4) is 0 Å². The number of carbonyl (C=O) groups excluding carboxylic acids is 1. The maximum atomic E-state index is 14.3. The summed E-state index contributed by atoms with van der Waals surface area (Å²) in [6.45, 7) is 30.6. The van der Waals surface area contributed by atoms with E-state index >= 15 is 0 Å². The van der Waals surface area contributed by atoms with Gasteiger partial charge in [-0.25, -0.2) is 14.6 Å². The van der Waals surface area contributed by atoms with Gasteiger partial charge in [-0.3, -0.25) is 14.3 Å². The van der Waals surface area contributed by atoms with Crippen LogP contribution in [0.5, 0.6) is 11.5 Å². The summed E-state index contributed by atoms with van der Waals surface area (Å²) < 4.78 is 37.3. The Bertz CT molecular complexity index is 2110. The molecule has 1 aliphatic carbocycles. The van der Waals surface area contributed by atoms with E-state index in [0.717, 1.165) is 49.7 Å². The maximum Gasteiger partial charge on any atom is 0.331 e. The Hall–Kier alpha value is -4.30. The topological polar surface area (TPSA) is 111 Å². The number of hydrogen-bond acceptors (Lipinski definition) is 6. The van der Waals surface area contributed by atoms with Crippen LogP contribution in [0, 0.1) is 42.1 Å². The van der Waals surface area contributed by atoms with E-state index in [0.29, 0.717) is 46.7 Å². The molecule has 62 heavy (non-hydrogen) atoms. The second kappa shape index (κ2) is 22.4. The molecule has 1 aliphatic rings. The van der Waals surface area contributed by atoms with Gasteiger partial charge in [0.05, 0.1) is 18.9 Å². The molecule has 0 amide bonds. The second-order valence-electron chi connectivity index (χ2n) is 20.0. The van der Waals surface area contributed by atoms with Gasteiger partial charge in [-0.05, 0) is 85.1 Å². The molecule has 1 fully saturated rings. The fourth-order valence-corrected chi connectivity index (χ4v) is 9.76. The van der Waals surface area contributed by atoms with Crippen LogP contribution in [0.15, 0.2) is 42.6 Å². The van der Waals surface area contributed by atoms with E-state index in [1.807, 2.05) is 37.3 Å². The third-order valence-corrected chi connectivity index (χ3v) is 13.5. The lowest BCUT2D eigenvalue weighted by Crippen LogP contribution is -2.49. The molecule has 0 bridgehead atoms. The van der Waals surface area contributed by atoms with E-state index in [9.17, 15) is 9.00 Å². The lowest BCUT2D eigenvalue weighted by molar-refractivity contribution is -0.0922. The Morgan fingerprint density at radius 1 is 0.887 bits per heavy atom. The molecule has 3 unspecified atom stereocenters. The van der Waals surface area contributed by atoms with Crippen LogP contribution in [-0.2, 0) is 22.4 Å². The number of rotatable bonds is 22. The number of aromatic nitrogens is 3. The lowest BCUT2D eigenvalue weighted by atomic mass is 9.59. The van der Waals surface area contributed by atoms with Gasteiger partial charge in [0.2, 0.25) is 5.69 Å². The molecule has 0 spiro atoms. The van der Waals surface area contributed by atoms with Crippen molar-refractivity contribution in [1.29, 1.82) is 0 Å². The molecule has 2 aromatic heterocycles. The van der Waals surface area contributed by atoms with Crippen LogP contribution >= 0.6 is 0 Å². The number of H-pyrrole nitrogens is 1. The number of aryl methyl sites for hydroxylation is 2. The molecule has 10 nitrogen and oxygen atoms in total. The monoisotopic (exact) mass is 870 g/mol. The number of hydrogen-bond donors (Lipinski definition) is 2. The van der Waals surface area contributed by atoms with Crippen molar-refractivity contribution in [2.75, 3.05) is 11.3 Å². The van der Waals surface area contributed by atoms with Gasteiger partial charge in [0, 0.05) is 23.6 Å².